The van der Waals surface area contributed by atoms with Crippen LogP contribution in [0.15, 0.2) is 30.3 Å². The third kappa shape index (κ3) is 3.73. The topological polar surface area (TPSA) is 35.8 Å². The van der Waals surface area contributed by atoms with E-state index in [2.05, 4.69) is 37.4 Å². The molecule has 19 heavy (non-hydrogen) atoms. The number of halogens is 1. The van der Waals surface area contributed by atoms with Crippen LogP contribution in [0, 0.1) is 18.3 Å². The summed E-state index contributed by atoms with van der Waals surface area (Å²) >= 11 is 7.70. The van der Waals surface area contributed by atoms with Crippen LogP contribution in [0.1, 0.15) is 22.2 Å². The monoisotopic (exact) mass is 290 g/mol. The average Bonchev–Trinajstić information content (AvgIpc) is 2.76. The second kappa shape index (κ2) is 6.10. The summed E-state index contributed by atoms with van der Waals surface area (Å²) in [6, 6.07) is 12.1. The van der Waals surface area contributed by atoms with Gasteiger partial charge in [0.05, 0.1) is 11.3 Å². The normalized spacial score (nSPS) is 11.9. The van der Waals surface area contributed by atoms with Gasteiger partial charge in [-0.2, -0.15) is 5.26 Å². The van der Waals surface area contributed by atoms with E-state index >= 15 is 0 Å². The smallest absolute Gasteiger partial charge is 0.101 e. The number of nitrogens with one attached hydrogen (secondary N) is 1. The Hall–Kier alpha value is -1.50. The van der Waals surface area contributed by atoms with Crippen molar-refractivity contribution < 1.29 is 0 Å². The Balaban J connectivity index is 2.07. The predicted octanol–water partition coefficient (Wildman–Crippen LogP) is 4.62. The highest BCUT2D eigenvalue weighted by molar-refractivity contribution is 7.11. The van der Waals surface area contributed by atoms with Gasteiger partial charge < -0.3 is 5.32 Å². The van der Waals surface area contributed by atoms with Crippen molar-refractivity contribution in [2.45, 2.75) is 26.3 Å². The maximum atomic E-state index is 9.10. The standard InChI is InChI=1S/C15H15ClN2S/c1-10(7-14-5-3-11(2)19-14)18-15-6-4-13(16)8-12(15)9-17/h3-6,8,10,18H,7H2,1-2H3. The van der Waals surface area contributed by atoms with Gasteiger partial charge in [0.2, 0.25) is 0 Å². The van der Waals surface area contributed by atoms with Crippen molar-refractivity contribution in [2.24, 2.45) is 0 Å². The Morgan fingerprint density at radius 1 is 1.37 bits per heavy atom. The van der Waals surface area contributed by atoms with Crippen LogP contribution in [0.2, 0.25) is 5.02 Å². The first-order chi connectivity index (χ1) is 9.08. The average molecular weight is 291 g/mol. The summed E-state index contributed by atoms with van der Waals surface area (Å²) in [7, 11) is 0. The molecule has 2 rings (SSSR count). The lowest BCUT2D eigenvalue weighted by Gasteiger charge is -2.15. The molecule has 98 valence electrons. The van der Waals surface area contributed by atoms with Crippen molar-refractivity contribution in [2.75, 3.05) is 5.32 Å². The first-order valence-electron chi connectivity index (χ1n) is 6.10. The quantitative estimate of drug-likeness (QED) is 0.891. The van der Waals surface area contributed by atoms with Gasteiger partial charge in [-0.1, -0.05) is 11.6 Å². The minimum Gasteiger partial charge on any atom is -0.381 e. The van der Waals surface area contributed by atoms with E-state index in [0.717, 1.165) is 12.1 Å². The Labute approximate surface area is 122 Å². The van der Waals surface area contributed by atoms with Crippen molar-refractivity contribution in [3.05, 3.63) is 50.7 Å². The lowest BCUT2D eigenvalue weighted by molar-refractivity contribution is 0.800. The van der Waals surface area contributed by atoms with Crippen molar-refractivity contribution in [3.8, 4) is 6.07 Å². The molecular formula is C15H15ClN2S. The number of benzene rings is 1. The van der Waals surface area contributed by atoms with Gasteiger partial charge in [0.1, 0.15) is 6.07 Å². The van der Waals surface area contributed by atoms with Gasteiger partial charge in [0.25, 0.3) is 0 Å². The fraction of sp³-hybridized carbons (Fsp3) is 0.267. The fourth-order valence-electron chi connectivity index (χ4n) is 1.95. The molecule has 2 aromatic rings. The summed E-state index contributed by atoms with van der Waals surface area (Å²) in [6.07, 6.45) is 0.950. The molecule has 0 fully saturated rings. The summed E-state index contributed by atoms with van der Waals surface area (Å²) in [6.45, 7) is 4.23. The van der Waals surface area contributed by atoms with Gasteiger partial charge in [0, 0.05) is 27.2 Å². The van der Waals surface area contributed by atoms with Crippen LogP contribution in [0.5, 0.6) is 0 Å². The molecule has 1 heterocycles. The summed E-state index contributed by atoms with van der Waals surface area (Å²) in [5, 5.41) is 13.1. The van der Waals surface area contributed by atoms with Crippen molar-refractivity contribution in [1.29, 1.82) is 5.26 Å². The maximum Gasteiger partial charge on any atom is 0.101 e. The van der Waals surface area contributed by atoms with Gasteiger partial charge in [-0.25, -0.2) is 0 Å². The molecule has 0 radical (unpaired) electrons. The van der Waals surface area contributed by atoms with Crippen molar-refractivity contribution >= 4 is 28.6 Å². The van der Waals surface area contributed by atoms with Gasteiger partial charge in [-0.3, -0.25) is 0 Å². The first kappa shape index (κ1) is 13.9. The van der Waals surface area contributed by atoms with Crippen LogP contribution in [0.3, 0.4) is 0 Å². The van der Waals surface area contributed by atoms with E-state index in [4.69, 9.17) is 16.9 Å². The second-order valence-corrected chi connectivity index (χ2v) is 6.37. The molecule has 4 heteroatoms. The van der Waals surface area contributed by atoms with E-state index in [9.17, 15) is 0 Å². The third-order valence-corrected chi connectivity index (χ3v) is 4.07. The van der Waals surface area contributed by atoms with Crippen LogP contribution in [0.4, 0.5) is 5.69 Å². The molecule has 0 aliphatic carbocycles. The van der Waals surface area contributed by atoms with Crippen LogP contribution >= 0.6 is 22.9 Å². The molecule has 0 amide bonds. The van der Waals surface area contributed by atoms with Crippen molar-refractivity contribution in [3.63, 3.8) is 0 Å². The number of hydrogen-bond acceptors (Lipinski definition) is 3. The predicted molar refractivity (Wildman–Crippen MR) is 82.0 cm³/mol. The van der Waals surface area contributed by atoms with Crippen LogP contribution in [-0.4, -0.2) is 6.04 Å². The molecular weight excluding hydrogens is 276 g/mol. The molecule has 1 aromatic heterocycles. The van der Waals surface area contributed by atoms with Crippen LogP contribution < -0.4 is 5.32 Å². The Kier molecular flexibility index (Phi) is 4.47. The number of rotatable bonds is 4. The Bertz CT molecular complexity index is 613. The van der Waals surface area contributed by atoms with Gasteiger partial charge in [0.15, 0.2) is 0 Å². The van der Waals surface area contributed by atoms with Crippen LogP contribution in [-0.2, 0) is 6.42 Å². The fourth-order valence-corrected chi connectivity index (χ4v) is 3.14. The van der Waals surface area contributed by atoms with E-state index in [1.165, 1.54) is 9.75 Å². The molecule has 2 nitrogen and oxygen atoms in total. The zero-order chi connectivity index (χ0) is 13.8. The summed E-state index contributed by atoms with van der Waals surface area (Å²) in [5.74, 6) is 0. The van der Waals surface area contributed by atoms with E-state index in [0.29, 0.717) is 10.6 Å². The number of thiophene rings is 1. The summed E-state index contributed by atoms with van der Waals surface area (Å²) in [5.41, 5.74) is 1.43. The van der Waals surface area contributed by atoms with E-state index in [1.54, 1.807) is 12.1 Å². The number of aryl methyl sites for hydroxylation is 1. The first-order valence-corrected chi connectivity index (χ1v) is 7.29. The lowest BCUT2D eigenvalue weighted by Crippen LogP contribution is -2.18. The van der Waals surface area contributed by atoms with Gasteiger partial charge in [-0.05, 0) is 44.2 Å². The lowest BCUT2D eigenvalue weighted by atomic mass is 10.1. The largest absolute Gasteiger partial charge is 0.381 e. The molecule has 0 aliphatic rings. The summed E-state index contributed by atoms with van der Waals surface area (Å²) in [4.78, 5) is 2.68. The number of hydrogen-bond donors (Lipinski definition) is 1. The minimum absolute atomic E-state index is 0.270. The molecule has 1 N–H and O–H groups in total. The zero-order valence-electron chi connectivity index (χ0n) is 10.9. The molecule has 0 bridgehead atoms. The molecule has 0 aliphatic heterocycles. The third-order valence-electron chi connectivity index (χ3n) is 2.81. The molecule has 1 atom stereocenters. The van der Waals surface area contributed by atoms with Crippen molar-refractivity contribution in [1.82, 2.24) is 0 Å². The van der Waals surface area contributed by atoms with Crippen LogP contribution in [0.25, 0.3) is 0 Å². The van der Waals surface area contributed by atoms with Gasteiger partial charge >= 0.3 is 0 Å². The molecule has 0 spiro atoms. The van der Waals surface area contributed by atoms with E-state index in [-0.39, 0.29) is 6.04 Å². The van der Waals surface area contributed by atoms with E-state index in [1.807, 2.05) is 17.4 Å². The highest BCUT2D eigenvalue weighted by Crippen LogP contribution is 2.22. The highest BCUT2D eigenvalue weighted by atomic mass is 35.5. The number of anilines is 1. The summed E-state index contributed by atoms with van der Waals surface area (Å²) < 4.78 is 0. The molecule has 0 saturated carbocycles. The van der Waals surface area contributed by atoms with Gasteiger partial charge in [-0.15, -0.1) is 11.3 Å². The Morgan fingerprint density at radius 2 is 2.16 bits per heavy atom. The zero-order valence-corrected chi connectivity index (χ0v) is 12.5. The SMILES string of the molecule is Cc1ccc(CC(C)Nc2ccc(Cl)cc2C#N)s1. The minimum atomic E-state index is 0.270. The number of nitrogens with zero attached hydrogens (tertiary/aromatic N) is 1. The highest BCUT2D eigenvalue weighted by Gasteiger charge is 2.08. The van der Waals surface area contributed by atoms with E-state index < -0.39 is 0 Å². The molecule has 0 saturated heterocycles. The molecule has 1 aromatic carbocycles. The molecule has 1 unspecified atom stereocenters. The Morgan fingerprint density at radius 3 is 2.79 bits per heavy atom. The number of nitriles is 1. The second-order valence-electron chi connectivity index (χ2n) is 4.56. The maximum absolute atomic E-state index is 9.10.